The van der Waals surface area contributed by atoms with Gasteiger partial charge in [0.2, 0.25) is 11.8 Å². The highest BCUT2D eigenvalue weighted by Crippen LogP contribution is 2.52. The first-order valence-electron chi connectivity index (χ1n) is 9.19. The first-order chi connectivity index (χ1) is 13.6. The molecule has 2 fully saturated rings. The van der Waals surface area contributed by atoms with E-state index in [1.807, 2.05) is 18.2 Å². The molecule has 1 N–H and O–H groups in total. The van der Waals surface area contributed by atoms with Gasteiger partial charge < -0.3 is 15.0 Å². The van der Waals surface area contributed by atoms with E-state index in [1.165, 1.54) is 11.0 Å². The van der Waals surface area contributed by atoms with E-state index in [0.717, 1.165) is 5.56 Å². The van der Waals surface area contributed by atoms with Crippen molar-refractivity contribution in [1.29, 1.82) is 0 Å². The number of nitrogens with zero attached hydrogens (tertiary/aromatic N) is 2. The number of hydrogen-bond donors (Lipinski definition) is 1. The second-order valence-electron chi connectivity index (χ2n) is 7.35. The van der Waals surface area contributed by atoms with Crippen molar-refractivity contribution in [2.24, 2.45) is 11.8 Å². The van der Waals surface area contributed by atoms with Gasteiger partial charge in [-0.2, -0.15) is 0 Å². The lowest BCUT2D eigenvalue weighted by molar-refractivity contribution is -0.132. The maximum absolute atomic E-state index is 14.3. The number of ether oxygens (including phenoxy) is 1. The number of fused-ring (bicyclic) bond motifs is 1. The van der Waals surface area contributed by atoms with Crippen molar-refractivity contribution in [3.8, 4) is 0 Å². The summed E-state index contributed by atoms with van der Waals surface area (Å²) in [4.78, 5) is 31.5. The SMILES string of the molecule is O=C(NCc1cccnc1)C1C2C=C[C@@]3(CN(c4ccccc4F)C(=O)C13)O2. The third-order valence-electron chi connectivity index (χ3n) is 5.74. The van der Waals surface area contributed by atoms with Gasteiger partial charge in [0.25, 0.3) is 0 Å². The molecule has 4 heterocycles. The predicted molar refractivity (Wildman–Crippen MR) is 98.6 cm³/mol. The van der Waals surface area contributed by atoms with Crippen molar-refractivity contribution >= 4 is 17.5 Å². The maximum Gasteiger partial charge on any atom is 0.234 e. The van der Waals surface area contributed by atoms with Crippen molar-refractivity contribution in [2.45, 2.75) is 18.2 Å². The van der Waals surface area contributed by atoms with Crippen molar-refractivity contribution in [1.82, 2.24) is 10.3 Å². The first kappa shape index (κ1) is 17.1. The van der Waals surface area contributed by atoms with Crippen LogP contribution in [0.5, 0.6) is 0 Å². The molecule has 2 aromatic rings. The second kappa shape index (κ2) is 6.24. The number of carbonyl (C=O) groups is 2. The molecular weight excluding hydrogens is 361 g/mol. The zero-order valence-electron chi connectivity index (χ0n) is 14.9. The molecule has 2 amide bonds. The Morgan fingerprint density at radius 2 is 2.18 bits per heavy atom. The number of amides is 2. The van der Waals surface area contributed by atoms with Gasteiger partial charge in [-0.05, 0) is 23.8 Å². The third-order valence-corrected chi connectivity index (χ3v) is 5.74. The molecule has 142 valence electrons. The molecule has 2 saturated heterocycles. The van der Waals surface area contributed by atoms with Crippen LogP contribution in [-0.4, -0.2) is 35.0 Å². The number of halogens is 1. The normalized spacial score (nSPS) is 30.0. The molecule has 7 heteroatoms. The molecule has 0 aliphatic carbocycles. The second-order valence-corrected chi connectivity index (χ2v) is 7.35. The highest BCUT2D eigenvalue weighted by molar-refractivity contribution is 6.03. The predicted octanol–water partition coefficient (Wildman–Crippen LogP) is 1.82. The number of aromatic nitrogens is 1. The van der Waals surface area contributed by atoms with Gasteiger partial charge in [-0.15, -0.1) is 0 Å². The van der Waals surface area contributed by atoms with Crippen LogP contribution in [0.3, 0.4) is 0 Å². The Morgan fingerprint density at radius 3 is 2.96 bits per heavy atom. The Hall–Kier alpha value is -3.06. The van der Waals surface area contributed by atoms with Crippen molar-refractivity contribution in [2.75, 3.05) is 11.4 Å². The Bertz CT molecular complexity index is 980. The maximum atomic E-state index is 14.3. The fourth-order valence-electron chi connectivity index (χ4n) is 4.48. The van der Waals surface area contributed by atoms with Gasteiger partial charge in [-0.25, -0.2) is 4.39 Å². The number of hydrogen-bond acceptors (Lipinski definition) is 4. The van der Waals surface area contributed by atoms with Crippen LogP contribution in [0.15, 0.2) is 60.9 Å². The van der Waals surface area contributed by atoms with Gasteiger partial charge in [0.1, 0.15) is 11.4 Å². The van der Waals surface area contributed by atoms with Gasteiger partial charge >= 0.3 is 0 Å². The molecular formula is C21H18FN3O3. The molecule has 4 atom stereocenters. The topological polar surface area (TPSA) is 71.5 Å². The molecule has 3 unspecified atom stereocenters. The van der Waals surface area contributed by atoms with Crippen LogP contribution in [0.1, 0.15) is 5.56 Å². The van der Waals surface area contributed by atoms with Crippen LogP contribution in [-0.2, 0) is 20.9 Å². The summed E-state index contributed by atoms with van der Waals surface area (Å²) in [6.07, 6.45) is 6.60. The van der Waals surface area contributed by atoms with Crippen LogP contribution in [0, 0.1) is 17.7 Å². The van der Waals surface area contributed by atoms with E-state index in [2.05, 4.69) is 10.3 Å². The number of anilines is 1. The molecule has 0 radical (unpaired) electrons. The summed E-state index contributed by atoms with van der Waals surface area (Å²) >= 11 is 0. The molecule has 5 rings (SSSR count). The first-order valence-corrected chi connectivity index (χ1v) is 9.19. The molecule has 2 bridgehead atoms. The minimum Gasteiger partial charge on any atom is -0.360 e. The van der Waals surface area contributed by atoms with Gasteiger partial charge in [0.15, 0.2) is 0 Å². The van der Waals surface area contributed by atoms with Crippen molar-refractivity contribution < 1.29 is 18.7 Å². The number of nitrogens with one attached hydrogen (secondary N) is 1. The zero-order chi connectivity index (χ0) is 19.3. The number of carbonyl (C=O) groups excluding carboxylic acids is 2. The molecule has 28 heavy (non-hydrogen) atoms. The number of benzene rings is 1. The van der Waals surface area contributed by atoms with E-state index in [0.29, 0.717) is 6.54 Å². The Labute approximate surface area is 161 Å². The van der Waals surface area contributed by atoms with E-state index >= 15 is 0 Å². The average Bonchev–Trinajstić information content (AvgIpc) is 3.36. The molecule has 0 saturated carbocycles. The van der Waals surface area contributed by atoms with E-state index < -0.39 is 29.4 Å². The minimum absolute atomic E-state index is 0.205. The molecule has 1 aromatic carbocycles. The smallest absolute Gasteiger partial charge is 0.234 e. The lowest BCUT2D eigenvalue weighted by atomic mass is 9.77. The van der Waals surface area contributed by atoms with E-state index in [1.54, 1.807) is 36.7 Å². The van der Waals surface area contributed by atoms with E-state index in [-0.39, 0.29) is 24.0 Å². The highest BCUT2D eigenvalue weighted by atomic mass is 19.1. The Morgan fingerprint density at radius 1 is 1.32 bits per heavy atom. The van der Waals surface area contributed by atoms with Crippen molar-refractivity contribution in [3.63, 3.8) is 0 Å². The van der Waals surface area contributed by atoms with Gasteiger partial charge in [-0.1, -0.05) is 30.4 Å². The van der Waals surface area contributed by atoms with E-state index in [4.69, 9.17) is 4.74 Å². The van der Waals surface area contributed by atoms with Gasteiger partial charge in [-0.3, -0.25) is 14.6 Å². The fourth-order valence-corrected chi connectivity index (χ4v) is 4.48. The van der Waals surface area contributed by atoms with Crippen molar-refractivity contribution in [3.05, 3.63) is 72.3 Å². The number of para-hydroxylation sites is 1. The summed E-state index contributed by atoms with van der Waals surface area (Å²) < 4.78 is 20.3. The summed E-state index contributed by atoms with van der Waals surface area (Å²) in [5.41, 5.74) is 0.211. The standard InChI is InChI=1S/C21H18FN3O3/c22-14-5-1-2-6-15(14)25-12-21-8-7-16(28-21)17(18(21)20(25)27)19(26)24-11-13-4-3-9-23-10-13/h1-10,16-18H,11-12H2,(H,24,26)/t16?,17?,18?,21-/m0/s1. The van der Waals surface area contributed by atoms with E-state index in [9.17, 15) is 14.0 Å². The van der Waals surface area contributed by atoms with Crippen LogP contribution >= 0.6 is 0 Å². The van der Waals surface area contributed by atoms with Crippen LogP contribution in [0.2, 0.25) is 0 Å². The average molecular weight is 379 g/mol. The highest BCUT2D eigenvalue weighted by Gasteiger charge is 2.67. The summed E-state index contributed by atoms with van der Waals surface area (Å²) in [6, 6.07) is 9.82. The zero-order valence-corrected chi connectivity index (χ0v) is 14.9. The minimum atomic E-state index is -0.875. The van der Waals surface area contributed by atoms with Crippen LogP contribution in [0.25, 0.3) is 0 Å². The molecule has 3 aliphatic rings. The quantitative estimate of drug-likeness (QED) is 0.823. The Kier molecular flexibility index (Phi) is 3.80. The molecule has 3 aliphatic heterocycles. The summed E-state index contributed by atoms with van der Waals surface area (Å²) in [6.45, 7) is 0.529. The summed E-state index contributed by atoms with van der Waals surface area (Å²) in [5.74, 6) is -2.28. The lowest BCUT2D eigenvalue weighted by Gasteiger charge is -2.23. The monoisotopic (exact) mass is 379 g/mol. The molecule has 1 spiro atoms. The lowest BCUT2D eigenvalue weighted by Crippen LogP contribution is -2.44. The Balaban J connectivity index is 1.40. The largest absolute Gasteiger partial charge is 0.360 e. The van der Waals surface area contributed by atoms with Gasteiger partial charge in [0, 0.05) is 18.9 Å². The number of pyridine rings is 1. The summed E-state index contributed by atoms with van der Waals surface area (Å²) in [7, 11) is 0. The van der Waals surface area contributed by atoms with Crippen LogP contribution < -0.4 is 10.2 Å². The number of rotatable bonds is 4. The fraction of sp³-hybridized carbons (Fsp3) is 0.286. The van der Waals surface area contributed by atoms with Crippen LogP contribution in [0.4, 0.5) is 10.1 Å². The molecule has 1 aromatic heterocycles. The molecule has 6 nitrogen and oxygen atoms in total. The third kappa shape index (κ3) is 2.46. The summed E-state index contributed by atoms with van der Waals surface area (Å²) in [5, 5.41) is 2.88. The van der Waals surface area contributed by atoms with Gasteiger partial charge in [0.05, 0.1) is 30.2 Å².